The lowest BCUT2D eigenvalue weighted by Gasteiger charge is -2.04. The van der Waals surface area contributed by atoms with Gasteiger partial charge in [0.2, 0.25) is 0 Å². The highest BCUT2D eigenvalue weighted by Crippen LogP contribution is 2.18. The van der Waals surface area contributed by atoms with Gasteiger partial charge in [-0.05, 0) is 12.1 Å². The summed E-state index contributed by atoms with van der Waals surface area (Å²) in [5.74, 6) is -0.562. The van der Waals surface area contributed by atoms with Crippen LogP contribution in [-0.4, -0.2) is 8.42 Å². The van der Waals surface area contributed by atoms with Crippen molar-refractivity contribution in [1.29, 1.82) is 0 Å². The van der Waals surface area contributed by atoms with Gasteiger partial charge in [0.15, 0.2) is 17.5 Å². The second kappa shape index (κ2) is 3.56. The molecule has 1 aromatic rings. The topological polar surface area (TPSA) is 72.2 Å². The molecule has 0 radical (unpaired) electrons. The molecular weight excluding hydrogens is 221 g/mol. The molecule has 1 rings (SSSR count). The zero-order valence-corrected chi connectivity index (χ0v) is 7.41. The fraction of sp³-hybridized carbons (Fsp3) is 0. The van der Waals surface area contributed by atoms with Crippen molar-refractivity contribution in [3.8, 4) is 0 Å². The Labute approximate surface area is 77.5 Å². The molecule has 0 aromatic heterocycles. The van der Waals surface area contributed by atoms with Crippen LogP contribution >= 0.6 is 0 Å². The van der Waals surface area contributed by atoms with Gasteiger partial charge in [-0.25, -0.2) is 21.6 Å². The van der Waals surface area contributed by atoms with Crippen LogP contribution in [0.3, 0.4) is 0 Å². The second-order valence-corrected chi connectivity index (χ2v) is 3.98. The van der Waals surface area contributed by atoms with Crippen molar-refractivity contribution in [1.82, 2.24) is 4.83 Å². The highest BCUT2D eigenvalue weighted by molar-refractivity contribution is 7.89. The predicted octanol–water partition coefficient (Wildman–Crippen LogP) is 0.256. The molecule has 0 fully saturated rings. The Morgan fingerprint density at radius 3 is 2.21 bits per heavy atom. The molecule has 0 aliphatic heterocycles. The van der Waals surface area contributed by atoms with Crippen LogP contribution in [0.5, 0.6) is 0 Å². The Balaban J connectivity index is 3.47. The van der Waals surface area contributed by atoms with E-state index in [0.29, 0.717) is 12.1 Å². The highest BCUT2D eigenvalue weighted by atomic mass is 32.2. The molecule has 0 aliphatic rings. The standard InChI is InChI=1S/C6H5F3N2O2S/c7-3-1-2-4(6(9)5(3)8)14(12,13)11-10/h1-2,11H,10H2. The van der Waals surface area contributed by atoms with Gasteiger partial charge in [0.1, 0.15) is 4.90 Å². The molecule has 0 bridgehead atoms. The molecule has 3 N–H and O–H groups in total. The zero-order chi connectivity index (χ0) is 10.9. The minimum atomic E-state index is -4.32. The van der Waals surface area contributed by atoms with Crippen LogP contribution in [0.15, 0.2) is 17.0 Å². The molecule has 0 atom stereocenters. The number of hydrazine groups is 1. The maximum atomic E-state index is 12.9. The van der Waals surface area contributed by atoms with Crippen LogP contribution in [0.2, 0.25) is 0 Å². The Morgan fingerprint density at radius 1 is 1.14 bits per heavy atom. The van der Waals surface area contributed by atoms with Gasteiger partial charge in [0.05, 0.1) is 0 Å². The Bertz CT molecular complexity index is 460. The molecule has 0 saturated heterocycles. The van der Waals surface area contributed by atoms with Gasteiger partial charge < -0.3 is 0 Å². The highest BCUT2D eigenvalue weighted by Gasteiger charge is 2.22. The Kier molecular flexibility index (Phi) is 2.79. The molecule has 4 nitrogen and oxygen atoms in total. The van der Waals surface area contributed by atoms with Crippen molar-refractivity contribution in [3.05, 3.63) is 29.6 Å². The van der Waals surface area contributed by atoms with E-state index >= 15 is 0 Å². The summed E-state index contributed by atoms with van der Waals surface area (Å²) >= 11 is 0. The third-order valence-corrected chi connectivity index (χ3v) is 2.65. The van der Waals surface area contributed by atoms with Crippen LogP contribution in [-0.2, 0) is 10.0 Å². The lowest BCUT2D eigenvalue weighted by atomic mass is 10.3. The summed E-state index contributed by atoms with van der Waals surface area (Å²) in [6.07, 6.45) is 0. The maximum Gasteiger partial charge on any atom is 0.256 e. The number of hydrogen-bond acceptors (Lipinski definition) is 3. The number of benzene rings is 1. The van der Waals surface area contributed by atoms with Gasteiger partial charge in [-0.15, -0.1) is 4.83 Å². The summed E-state index contributed by atoms with van der Waals surface area (Å²) in [4.78, 5) is 0.246. The first-order chi connectivity index (χ1) is 6.40. The molecule has 0 unspecified atom stereocenters. The number of rotatable bonds is 2. The van der Waals surface area contributed by atoms with Crippen molar-refractivity contribution in [3.63, 3.8) is 0 Å². The van der Waals surface area contributed by atoms with E-state index in [0.717, 1.165) is 0 Å². The SMILES string of the molecule is NNS(=O)(=O)c1ccc(F)c(F)c1F. The fourth-order valence-corrected chi connectivity index (χ4v) is 1.48. The van der Waals surface area contributed by atoms with Crippen LogP contribution in [0, 0.1) is 17.5 Å². The van der Waals surface area contributed by atoms with Crippen LogP contribution in [0.1, 0.15) is 0 Å². The van der Waals surface area contributed by atoms with Gasteiger partial charge >= 0.3 is 0 Å². The zero-order valence-electron chi connectivity index (χ0n) is 6.59. The van der Waals surface area contributed by atoms with Crippen molar-refractivity contribution in [2.45, 2.75) is 4.90 Å². The van der Waals surface area contributed by atoms with Crippen LogP contribution < -0.4 is 10.7 Å². The summed E-state index contributed by atoms with van der Waals surface area (Å²) in [6.45, 7) is 0. The van der Waals surface area contributed by atoms with Crippen molar-refractivity contribution in [2.75, 3.05) is 0 Å². The van der Waals surface area contributed by atoms with Gasteiger partial charge in [0, 0.05) is 0 Å². The minimum absolute atomic E-state index is 0.489. The van der Waals surface area contributed by atoms with E-state index < -0.39 is 32.4 Å². The molecule has 78 valence electrons. The largest absolute Gasteiger partial charge is 0.257 e. The normalized spacial score (nSPS) is 11.7. The first kappa shape index (κ1) is 11.0. The number of sulfonamides is 1. The van der Waals surface area contributed by atoms with E-state index in [1.165, 1.54) is 4.83 Å². The average molecular weight is 226 g/mol. The second-order valence-electron chi connectivity index (χ2n) is 2.29. The van der Waals surface area contributed by atoms with E-state index in [-0.39, 0.29) is 0 Å². The predicted molar refractivity (Wildman–Crippen MR) is 40.8 cm³/mol. The summed E-state index contributed by atoms with van der Waals surface area (Å²) in [7, 11) is -4.32. The molecule has 0 amide bonds. The molecule has 0 aliphatic carbocycles. The summed E-state index contributed by atoms with van der Waals surface area (Å²) in [6, 6.07) is 1.06. The molecule has 14 heavy (non-hydrogen) atoms. The first-order valence-corrected chi connectivity index (χ1v) is 4.74. The molecular formula is C6H5F3N2O2S. The quantitative estimate of drug-likeness (QED) is 0.431. The third-order valence-electron chi connectivity index (χ3n) is 1.44. The van der Waals surface area contributed by atoms with E-state index in [1.807, 2.05) is 0 Å². The third kappa shape index (κ3) is 1.72. The van der Waals surface area contributed by atoms with Crippen LogP contribution in [0.4, 0.5) is 13.2 Å². The summed E-state index contributed by atoms with van der Waals surface area (Å²) in [5, 5.41) is 0. The van der Waals surface area contributed by atoms with Crippen molar-refractivity contribution < 1.29 is 21.6 Å². The van der Waals surface area contributed by atoms with E-state index in [1.54, 1.807) is 0 Å². The fourth-order valence-electron chi connectivity index (χ4n) is 0.779. The lowest BCUT2D eigenvalue weighted by Crippen LogP contribution is -2.31. The molecule has 0 spiro atoms. The Hall–Kier alpha value is -1.12. The average Bonchev–Trinajstić information content (AvgIpc) is 2.14. The molecule has 0 heterocycles. The summed E-state index contributed by atoms with van der Waals surface area (Å²) < 4.78 is 59.7. The van der Waals surface area contributed by atoms with Crippen molar-refractivity contribution in [2.24, 2.45) is 5.84 Å². The maximum absolute atomic E-state index is 12.9. The van der Waals surface area contributed by atoms with Gasteiger partial charge in [-0.1, -0.05) is 0 Å². The molecule has 8 heteroatoms. The van der Waals surface area contributed by atoms with Gasteiger partial charge in [0.25, 0.3) is 10.0 Å². The van der Waals surface area contributed by atoms with Gasteiger partial charge in [-0.3, -0.25) is 5.84 Å². The van der Waals surface area contributed by atoms with E-state index in [9.17, 15) is 21.6 Å². The number of halogens is 3. The molecule has 0 saturated carbocycles. The first-order valence-electron chi connectivity index (χ1n) is 3.26. The van der Waals surface area contributed by atoms with Crippen molar-refractivity contribution >= 4 is 10.0 Å². The summed E-state index contributed by atoms with van der Waals surface area (Å²) in [5.41, 5.74) is 0. The monoisotopic (exact) mass is 226 g/mol. The lowest BCUT2D eigenvalue weighted by molar-refractivity contribution is 0.431. The van der Waals surface area contributed by atoms with E-state index in [4.69, 9.17) is 0 Å². The van der Waals surface area contributed by atoms with Crippen LogP contribution in [0.25, 0.3) is 0 Å². The number of nitrogens with two attached hydrogens (primary N) is 1. The smallest absolute Gasteiger partial charge is 0.256 e. The molecule has 1 aromatic carbocycles. The van der Waals surface area contributed by atoms with E-state index in [2.05, 4.69) is 5.84 Å². The van der Waals surface area contributed by atoms with Gasteiger partial charge in [-0.2, -0.15) is 0 Å². The number of hydrogen-bond donors (Lipinski definition) is 2. The number of nitrogens with one attached hydrogen (secondary N) is 1. The minimum Gasteiger partial charge on any atom is -0.257 e. The Morgan fingerprint density at radius 2 is 1.71 bits per heavy atom.